The van der Waals surface area contributed by atoms with E-state index in [0.29, 0.717) is 24.4 Å². The van der Waals surface area contributed by atoms with E-state index in [1.165, 1.54) is 44.9 Å². The molecule has 0 aromatic rings. The molecule has 3 aliphatic rings. The Morgan fingerprint density at radius 1 is 0.957 bits per heavy atom. The highest BCUT2D eigenvalue weighted by atomic mass is 16.2. The smallest absolute Gasteiger partial charge is 0.315 e. The van der Waals surface area contributed by atoms with Crippen LogP contribution in [-0.4, -0.2) is 42.5 Å². The van der Waals surface area contributed by atoms with E-state index in [0.717, 1.165) is 32.4 Å². The van der Waals surface area contributed by atoms with Gasteiger partial charge in [-0.3, -0.25) is 4.79 Å². The standard InChI is InChI=1S/C18H31N3O2/c22-16(21-12-6-1-2-7-13-21)8-11-19-17(23)20-15-14-18(15)9-4-3-5-10-18/h15H,1-14H2,(H2,19,20,23)/t15-/m0/s1. The van der Waals surface area contributed by atoms with Crippen molar-refractivity contribution in [3.8, 4) is 0 Å². The molecule has 130 valence electrons. The second kappa shape index (κ2) is 7.54. The average Bonchev–Trinajstić information content (AvgIpc) is 3.27. The first-order valence-electron chi connectivity index (χ1n) is 9.52. The lowest BCUT2D eigenvalue weighted by atomic mass is 9.86. The van der Waals surface area contributed by atoms with Gasteiger partial charge in [-0.15, -0.1) is 0 Å². The lowest BCUT2D eigenvalue weighted by Crippen LogP contribution is -2.41. The van der Waals surface area contributed by atoms with Gasteiger partial charge in [-0.25, -0.2) is 4.79 Å². The minimum absolute atomic E-state index is 0.0962. The van der Waals surface area contributed by atoms with Crippen LogP contribution in [0, 0.1) is 5.41 Å². The lowest BCUT2D eigenvalue weighted by Gasteiger charge is -2.22. The number of carbonyl (C=O) groups excluding carboxylic acids is 2. The van der Waals surface area contributed by atoms with Gasteiger partial charge in [0.15, 0.2) is 0 Å². The van der Waals surface area contributed by atoms with Gasteiger partial charge >= 0.3 is 6.03 Å². The molecule has 3 rings (SSSR count). The van der Waals surface area contributed by atoms with Crippen LogP contribution in [0.4, 0.5) is 4.79 Å². The summed E-state index contributed by atoms with van der Waals surface area (Å²) in [6.45, 7) is 2.21. The van der Waals surface area contributed by atoms with E-state index in [4.69, 9.17) is 0 Å². The molecule has 5 heteroatoms. The molecule has 3 fully saturated rings. The molecule has 2 aliphatic carbocycles. The van der Waals surface area contributed by atoms with Crippen molar-refractivity contribution in [3.63, 3.8) is 0 Å². The molecule has 0 aromatic carbocycles. The highest BCUT2D eigenvalue weighted by molar-refractivity contribution is 5.78. The first-order valence-corrected chi connectivity index (χ1v) is 9.52. The molecule has 1 aliphatic heterocycles. The maximum atomic E-state index is 12.2. The van der Waals surface area contributed by atoms with Crippen molar-refractivity contribution in [3.05, 3.63) is 0 Å². The molecular formula is C18H31N3O2. The molecule has 0 aromatic heterocycles. The normalized spacial score (nSPS) is 26.4. The van der Waals surface area contributed by atoms with Crippen molar-refractivity contribution in [2.75, 3.05) is 19.6 Å². The minimum Gasteiger partial charge on any atom is -0.343 e. The summed E-state index contributed by atoms with van der Waals surface area (Å²) in [5.41, 5.74) is 0.414. The Balaban J connectivity index is 1.31. The monoisotopic (exact) mass is 321 g/mol. The average molecular weight is 321 g/mol. The van der Waals surface area contributed by atoms with Crippen molar-refractivity contribution in [1.29, 1.82) is 0 Å². The molecule has 2 saturated carbocycles. The third-order valence-electron chi connectivity index (χ3n) is 5.93. The minimum atomic E-state index is -0.0962. The topological polar surface area (TPSA) is 61.4 Å². The number of urea groups is 1. The van der Waals surface area contributed by atoms with E-state index >= 15 is 0 Å². The predicted octanol–water partition coefficient (Wildman–Crippen LogP) is 2.80. The molecule has 0 radical (unpaired) electrons. The summed E-state index contributed by atoms with van der Waals surface area (Å²) in [6, 6.07) is 0.269. The predicted molar refractivity (Wildman–Crippen MR) is 90.1 cm³/mol. The van der Waals surface area contributed by atoms with E-state index in [2.05, 4.69) is 10.6 Å². The van der Waals surface area contributed by atoms with Gasteiger partial charge in [-0.05, 0) is 37.5 Å². The molecule has 3 amide bonds. The summed E-state index contributed by atoms with van der Waals surface area (Å²) >= 11 is 0. The Kier molecular flexibility index (Phi) is 5.44. The Morgan fingerprint density at radius 2 is 1.61 bits per heavy atom. The first kappa shape index (κ1) is 16.6. The van der Waals surface area contributed by atoms with Gasteiger partial charge in [0.2, 0.25) is 5.91 Å². The molecule has 1 atom stereocenters. The number of carbonyl (C=O) groups is 2. The van der Waals surface area contributed by atoms with Crippen LogP contribution < -0.4 is 10.6 Å². The second-order valence-corrected chi connectivity index (χ2v) is 7.62. The van der Waals surface area contributed by atoms with Crippen LogP contribution in [0.2, 0.25) is 0 Å². The SMILES string of the molecule is O=C(NCCC(=O)N1CCCCCC1)N[C@H]1CC12CCCCC2. The molecule has 23 heavy (non-hydrogen) atoms. The van der Waals surface area contributed by atoms with Crippen molar-refractivity contribution in [2.24, 2.45) is 5.41 Å². The Morgan fingerprint density at radius 3 is 2.30 bits per heavy atom. The molecule has 0 unspecified atom stereocenters. The van der Waals surface area contributed by atoms with Crippen molar-refractivity contribution >= 4 is 11.9 Å². The van der Waals surface area contributed by atoms with Crippen LogP contribution in [0.1, 0.15) is 70.6 Å². The number of likely N-dealkylation sites (tertiary alicyclic amines) is 1. The zero-order valence-electron chi connectivity index (χ0n) is 14.2. The Bertz CT molecular complexity index is 424. The number of nitrogens with zero attached hydrogens (tertiary/aromatic N) is 1. The van der Waals surface area contributed by atoms with Crippen LogP contribution in [0.3, 0.4) is 0 Å². The van der Waals surface area contributed by atoms with Gasteiger partial charge in [0, 0.05) is 32.1 Å². The van der Waals surface area contributed by atoms with Gasteiger partial charge in [0.1, 0.15) is 0 Å². The van der Waals surface area contributed by atoms with Gasteiger partial charge in [0.25, 0.3) is 0 Å². The van der Waals surface area contributed by atoms with E-state index in [1.54, 1.807) is 0 Å². The first-order chi connectivity index (χ1) is 11.2. The number of hydrogen-bond acceptors (Lipinski definition) is 2. The number of nitrogens with one attached hydrogen (secondary N) is 2. The maximum absolute atomic E-state index is 12.2. The third kappa shape index (κ3) is 4.39. The number of hydrogen-bond donors (Lipinski definition) is 2. The maximum Gasteiger partial charge on any atom is 0.315 e. The molecular weight excluding hydrogens is 290 g/mol. The summed E-state index contributed by atoms with van der Waals surface area (Å²) in [4.78, 5) is 26.1. The fourth-order valence-electron chi connectivity index (χ4n) is 4.33. The van der Waals surface area contributed by atoms with E-state index in [9.17, 15) is 9.59 Å². The van der Waals surface area contributed by atoms with Gasteiger partial charge in [-0.2, -0.15) is 0 Å². The number of rotatable bonds is 4. The molecule has 0 bridgehead atoms. The Hall–Kier alpha value is -1.26. The summed E-state index contributed by atoms with van der Waals surface area (Å²) in [6.07, 6.45) is 12.8. The largest absolute Gasteiger partial charge is 0.343 e. The van der Waals surface area contributed by atoms with E-state index < -0.39 is 0 Å². The van der Waals surface area contributed by atoms with Gasteiger partial charge in [0.05, 0.1) is 0 Å². The highest BCUT2D eigenvalue weighted by Crippen LogP contribution is 2.56. The van der Waals surface area contributed by atoms with Crippen molar-refractivity contribution < 1.29 is 9.59 Å². The molecule has 1 spiro atoms. The summed E-state index contributed by atoms with van der Waals surface area (Å²) in [5, 5.41) is 5.97. The summed E-state index contributed by atoms with van der Waals surface area (Å²) in [7, 11) is 0. The third-order valence-corrected chi connectivity index (χ3v) is 5.93. The van der Waals surface area contributed by atoms with Crippen LogP contribution in [0.25, 0.3) is 0 Å². The summed E-state index contributed by atoms with van der Waals surface area (Å²) < 4.78 is 0. The molecule has 5 nitrogen and oxygen atoms in total. The zero-order chi connectivity index (χ0) is 16.1. The van der Waals surface area contributed by atoms with E-state index in [-0.39, 0.29) is 11.9 Å². The van der Waals surface area contributed by atoms with Crippen molar-refractivity contribution in [1.82, 2.24) is 15.5 Å². The number of amides is 3. The Labute approximate surface area is 139 Å². The molecule has 1 saturated heterocycles. The van der Waals surface area contributed by atoms with Crippen LogP contribution in [0.5, 0.6) is 0 Å². The van der Waals surface area contributed by atoms with Crippen LogP contribution >= 0.6 is 0 Å². The molecule has 1 heterocycles. The fraction of sp³-hybridized carbons (Fsp3) is 0.889. The van der Waals surface area contributed by atoms with Crippen LogP contribution in [-0.2, 0) is 4.79 Å². The van der Waals surface area contributed by atoms with Gasteiger partial charge in [-0.1, -0.05) is 32.1 Å². The molecule has 2 N–H and O–H groups in total. The van der Waals surface area contributed by atoms with E-state index in [1.807, 2.05) is 4.90 Å². The second-order valence-electron chi connectivity index (χ2n) is 7.62. The van der Waals surface area contributed by atoms with Crippen molar-refractivity contribution in [2.45, 2.75) is 76.7 Å². The summed E-state index contributed by atoms with van der Waals surface area (Å²) in [5.74, 6) is 0.183. The lowest BCUT2D eigenvalue weighted by molar-refractivity contribution is -0.131. The highest BCUT2D eigenvalue weighted by Gasteiger charge is 2.54. The van der Waals surface area contributed by atoms with Crippen LogP contribution in [0.15, 0.2) is 0 Å². The van der Waals surface area contributed by atoms with Gasteiger partial charge < -0.3 is 15.5 Å². The zero-order valence-corrected chi connectivity index (χ0v) is 14.2. The quantitative estimate of drug-likeness (QED) is 0.836. The fourth-order valence-corrected chi connectivity index (χ4v) is 4.33.